The Bertz CT molecular complexity index is 341. The van der Waals surface area contributed by atoms with Gasteiger partial charge in [0, 0.05) is 18.7 Å². The number of halogens is 1. The largest absolute Gasteiger partial charge is 0.372 e. The topological polar surface area (TPSA) is 21.3 Å². The minimum absolute atomic E-state index is 0.190. The molecule has 0 aliphatic carbocycles. The van der Waals surface area contributed by atoms with E-state index in [1.54, 1.807) is 12.1 Å². The van der Waals surface area contributed by atoms with Gasteiger partial charge in [0.1, 0.15) is 5.82 Å². The van der Waals surface area contributed by atoms with Crippen LogP contribution in [0.3, 0.4) is 0 Å². The summed E-state index contributed by atoms with van der Waals surface area (Å²) in [5.74, 6) is 0.412. The van der Waals surface area contributed by atoms with Crippen LogP contribution in [0.25, 0.3) is 0 Å². The second-order valence-corrected chi connectivity index (χ2v) is 4.87. The predicted octanol–water partition coefficient (Wildman–Crippen LogP) is 3.54. The molecule has 0 aromatic heterocycles. The summed E-state index contributed by atoms with van der Waals surface area (Å²) < 4.78 is 19.6. The minimum atomic E-state index is -0.204. The molecule has 0 spiro atoms. The first-order valence-electron chi connectivity index (χ1n) is 6.71. The zero-order chi connectivity index (χ0) is 13.4. The summed E-state index contributed by atoms with van der Waals surface area (Å²) in [6.45, 7) is 8.53. The molecule has 0 heterocycles. The molecule has 0 aliphatic heterocycles. The van der Waals surface area contributed by atoms with Crippen molar-refractivity contribution in [1.29, 1.82) is 0 Å². The van der Waals surface area contributed by atoms with Crippen molar-refractivity contribution in [3.8, 4) is 0 Å². The standard InChI is InChI=1S/C15H24FNO/c1-4-17-11-15(18-10-9-12(2)3)13-7-5-6-8-14(13)16/h5-8,12,15,17H,4,9-11H2,1-3H3. The Labute approximate surface area is 110 Å². The van der Waals surface area contributed by atoms with Crippen LogP contribution in [0.15, 0.2) is 24.3 Å². The molecule has 2 nitrogen and oxygen atoms in total. The average Bonchev–Trinajstić information content (AvgIpc) is 2.34. The van der Waals surface area contributed by atoms with E-state index >= 15 is 0 Å². The molecule has 3 heteroatoms. The van der Waals surface area contributed by atoms with E-state index in [2.05, 4.69) is 19.2 Å². The molecule has 0 fully saturated rings. The summed E-state index contributed by atoms with van der Waals surface area (Å²) >= 11 is 0. The van der Waals surface area contributed by atoms with Crippen molar-refractivity contribution in [2.24, 2.45) is 5.92 Å². The summed E-state index contributed by atoms with van der Waals surface area (Å²) in [6, 6.07) is 6.84. The van der Waals surface area contributed by atoms with Gasteiger partial charge in [-0.05, 0) is 24.9 Å². The van der Waals surface area contributed by atoms with Crippen molar-refractivity contribution in [3.05, 3.63) is 35.6 Å². The summed E-state index contributed by atoms with van der Waals surface area (Å²) in [4.78, 5) is 0. The molecule has 0 saturated carbocycles. The zero-order valence-corrected chi connectivity index (χ0v) is 11.6. The lowest BCUT2D eigenvalue weighted by molar-refractivity contribution is 0.0439. The van der Waals surface area contributed by atoms with Crippen LogP contribution in [0.5, 0.6) is 0 Å². The number of ether oxygens (including phenoxy) is 1. The average molecular weight is 253 g/mol. The molecular formula is C15H24FNO. The van der Waals surface area contributed by atoms with Crippen LogP contribution in [0.1, 0.15) is 38.9 Å². The molecule has 1 rings (SSSR count). The molecule has 0 radical (unpaired) electrons. The second kappa shape index (κ2) is 8.22. The van der Waals surface area contributed by atoms with Crippen LogP contribution in [0, 0.1) is 11.7 Å². The minimum Gasteiger partial charge on any atom is -0.372 e. The van der Waals surface area contributed by atoms with Crippen molar-refractivity contribution < 1.29 is 9.13 Å². The van der Waals surface area contributed by atoms with Crippen LogP contribution >= 0.6 is 0 Å². The van der Waals surface area contributed by atoms with Crippen molar-refractivity contribution in [2.45, 2.75) is 33.3 Å². The molecule has 1 unspecified atom stereocenters. The highest BCUT2D eigenvalue weighted by Gasteiger charge is 2.15. The molecule has 0 amide bonds. The first-order chi connectivity index (χ1) is 8.65. The van der Waals surface area contributed by atoms with Gasteiger partial charge >= 0.3 is 0 Å². The Morgan fingerprint density at radius 3 is 2.61 bits per heavy atom. The maximum Gasteiger partial charge on any atom is 0.129 e. The quantitative estimate of drug-likeness (QED) is 0.765. The van der Waals surface area contributed by atoms with Gasteiger partial charge in [-0.2, -0.15) is 0 Å². The maximum atomic E-state index is 13.7. The highest BCUT2D eigenvalue weighted by atomic mass is 19.1. The van der Waals surface area contributed by atoms with E-state index in [0.29, 0.717) is 24.6 Å². The maximum absolute atomic E-state index is 13.7. The van der Waals surface area contributed by atoms with Gasteiger partial charge in [-0.3, -0.25) is 0 Å². The second-order valence-electron chi connectivity index (χ2n) is 4.87. The van der Waals surface area contributed by atoms with Gasteiger partial charge in [-0.15, -0.1) is 0 Å². The lowest BCUT2D eigenvalue weighted by Gasteiger charge is -2.20. The fourth-order valence-corrected chi connectivity index (χ4v) is 1.72. The third kappa shape index (κ3) is 5.15. The van der Waals surface area contributed by atoms with Gasteiger partial charge in [0.05, 0.1) is 6.10 Å². The summed E-state index contributed by atoms with van der Waals surface area (Å²) in [6.07, 6.45) is 0.793. The monoisotopic (exact) mass is 253 g/mol. The summed E-state index contributed by atoms with van der Waals surface area (Å²) in [5, 5.41) is 3.22. The Kier molecular flexibility index (Phi) is 6.91. The lowest BCUT2D eigenvalue weighted by atomic mass is 10.1. The molecule has 102 valence electrons. The number of hydrogen-bond donors (Lipinski definition) is 1. The van der Waals surface area contributed by atoms with Gasteiger partial charge in [0.2, 0.25) is 0 Å². The molecule has 0 bridgehead atoms. The van der Waals surface area contributed by atoms with Gasteiger partial charge in [-0.1, -0.05) is 39.0 Å². The highest BCUT2D eigenvalue weighted by molar-refractivity contribution is 5.20. The van der Waals surface area contributed by atoms with Gasteiger partial charge < -0.3 is 10.1 Å². The Morgan fingerprint density at radius 2 is 2.00 bits per heavy atom. The Hall–Kier alpha value is -0.930. The van der Waals surface area contributed by atoms with Crippen LogP contribution in [0.2, 0.25) is 0 Å². The molecule has 0 saturated heterocycles. The van der Waals surface area contributed by atoms with E-state index in [0.717, 1.165) is 13.0 Å². The highest BCUT2D eigenvalue weighted by Crippen LogP contribution is 2.20. The lowest BCUT2D eigenvalue weighted by Crippen LogP contribution is -2.24. The van der Waals surface area contributed by atoms with Gasteiger partial charge in [0.15, 0.2) is 0 Å². The molecule has 18 heavy (non-hydrogen) atoms. The van der Waals surface area contributed by atoms with Crippen molar-refractivity contribution in [2.75, 3.05) is 19.7 Å². The zero-order valence-electron chi connectivity index (χ0n) is 11.6. The first-order valence-corrected chi connectivity index (χ1v) is 6.71. The SMILES string of the molecule is CCNCC(OCCC(C)C)c1ccccc1F. The summed E-state index contributed by atoms with van der Waals surface area (Å²) in [7, 11) is 0. The van der Waals surface area contributed by atoms with E-state index in [1.165, 1.54) is 6.07 Å². The predicted molar refractivity (Wildman–Crippen MR) is 73.1 cm³/mol. The fourth-order valence-electron chi connectivity index (χ4n) is 1.72. The Balaban J connectivity index is 2.62. The van der Waals surface area contributed by atoms with Crippen LogP contribution < -0.4 is 5.32 Å². The fraction of sp³-hybridized carbons (Fsp3) is 0.600. The summed E-state index contributed by atoms with van der Waals surface area (Å²) in [5.41, 5.74) is 0.641. The number of benzene rings is 1. The van der Waals surface area contributed by atoms with E-state index in [1.807, 2.05) is 13.0 Å². The van der Waals surface area contributed by atoms with E-state index < -0.39 is 0 Å². The van der Waals surface area contributed by atoms with E-state index in [-0.39, 0.29) is 11.9 Å². The van der Waals surface area contributed by atoms with Crippen LogP contribution in [-0.2, 0) is 4.74 Å². The van der Waals surface area contributed by atoms with Crippen molar-refractivity contribution in [1.82, 2.24) is 5.32 Å². The number of rotatable bonds is 8. The van der Waals surface area contributed by atoms with Gasteiger partial charge in [-0.25, -0.2) is 4.39 Å². The number of hydrogen-bond acceptors (Lipinski definition) is 2. The molecule has 1 atom stereocenters. The van der Waals surface area contributed by atoms with Gasteiger partial charge in [0.25, 0.3) is 0 Å². The molecule has 1 aromatic carbocycles. The molecule has 1 N–H and O–H groups in total. The molecule has 1 aromatic rings. The molecule has 0 aliphatic rings. The Morgan fingerprint density at radius 1 is 1.28 bits per heavy atom. The smallest absolute Gasteiger partial charge is 0.129 e. The van der Waals surface area contributed by atoms with Crippen molar-refractivity contribution in [3.63, 3.8) is 0 Å². The number of nitrogens with one attached hydrogen (secondary N) is 1. The third-order valence-electron chi connectivity index (χ3n) is 2.85. The van der Waals surface area contributed by atoms with E-state index in [9.17, 15) is 4.39 Å². The van der Waals surface area contributed by atoms with E-state index in [4.69, 9.17) is 4.74 Å². The molecular weight excluding hydrogens is 229 g/mol. The van der Waals surface area contributed by atoms with Crippen molar-refractivity contribution >= 4 is 0 Å². The number of likely N-dealkylation sites (N-methyl/N-ethyl adjacent to an activating group) is 1. The van der Waals surface area contributed by atoms with Crippen LogP contribution in [0.4, 0.5) is 4.39 Å². The normalized spacial score (nSPS) is 12.9. The first kappa shape index (κ1) is 15.1. The van der Waals surface area contributed by atoms with Crippen LogP contribution in [-0.4, -0.2) is 19.7 Å². The third-order valence-corrected chi connectivity index (χ3v) is 2.85.